The Morgan fingerprint density at radius 1 is 1.15 bits per heavy atom. The number of nitrogens with zero attached hydrogens (tertiary/aromatic N) is 6. The van der Waals surface area contributed by atoms with Crippen molar-refractivity contribution in [1.82, 2.24) is 24.4 Å². The lowest BCUT2D eigenvalue weighted by molar-refractivity contribution is -0.870. The standard InChI is InChI=1S/C19H33N6O6PS/c1-23-19(27)24-15-20-17(18(24)21-22-23)16(26)9-8-14-33-13-7-5-6-11-30-32(28,29)31-12-10-25(2,3)4/h15H,5-14H2,1-4H3/p+1. The van der Waals surface area contributed by atoms with Gasteiger partial charge in [0.25, 0.3) is 0 Å². The molecule has 0 aliphatic rings. The summed E-state index contributed by atoms with van der Waals surface area (Å²) in [5.41, 5.74) is -0.0429. The number of imidazole rings is 1. The zero-order valence-corrected chi connectivity index (χ0v) is 21.4. The molecule has 0 saturated heterocycles. The first-order valence-electron chi connectivity index (χ1n) is 10.8. The van der Waals surface area contributed by atoms with Crippen molar-refractivity contribution in [2.75, 3.05) is 52.4 Å². The average Bonchev–Trinajstić information content (AvgIpc) is 3.15. The van der Waals surface area contributed by atoms with Crippen LogP contribution in [0.5, 0.6) is 0 Å². The van der Waals surface area contributed by atoms with Gasteiger partial charge in [-0.2, -0.15) is 16.4 Å². The van der Waals surface area contributed by atoms with Crippen molar-refractivity contribution in [2.24, 2.45) is 7.05 Å². The summed E-state index contributed by atoms with van der Waals surface area (Å²) in [6, 6.07) is 0. The number of likely N-dealkylation sites (N-methyl/N-ethyl adjacent to an activating group) is 1. The van der Waals surface area contributed by atoms with Gasteiger partial charge in [-0.05, 0) is 30.8 Å². The Kier molecular flexibility index (Phi) is 10.6. The van der Waals surface area contributed by atoms with Gasteiger partial charge in [0.1, 0.15) is 19.5 Å². The number of aryl methyl sites for hydroxylation is 1. The minimum atomic E-state index is -3.98. The molecule has 14 heteroatoms. The summed E-state index contributed by atoms with van der Waals surface area (Å²) < 4.78 is 24.7. The molecule has 12 nitrogen and oxygen atoms in total. The van der Waals surface area contributed by atoms with E-state index in [-0.39, 0.29) is 30.3 Å². The van der Waals surface area contributed by atoms with Crippen LogP contribution in [0.3, 0.4) is 0 Å². The van der Waals surface area contributed by atoms with Crippen LogP contribution in [0.1, 0.15) is 42.6 Å². The van der Waals surface area contributed by atoms with E-state index < -0.39 is 13.5 Å². The smallest absolute Gasteiger partial charge is 0.329 e. The summed E-state index contributed by atoms with van der Waals surface area (Å²) in [7, 11) is 3.43. The maximum Gasteiger partial charge on any atom is 0.472 e. The molecule has 1 unspecified atom stereocenters. The molecule has 1 atom stereocenters. The van der Waals surface area contributed by atoms with E-state index in [0.717, 1.165) is 29.0 Å². The number of thioether (sulfide) groups is 1. The van der Waals surface area contributed by atoms with Gasteiger partial charge in [0.05, 0.1) is 27.7 Å². The average molecular weight is 506 g/mol. The molecule has 33 heavy (non-hydrogen) atoms. The Bertz CT molecular complexity index is 1020. The molecule has 0 bridgehead atoms. The molecule has 2 rings (SSSR count). The van der Waals surface area contributed by atoms with Crippen LogP contribution in [0.2, 0.25) is 0 Å². The molecule has 2 aromatic rings. The van der Waals surface area contributed by atoms with Crippen LogP contribution in [-0.2, 0) is 20.7 Å². The summed E-state index contributed by atoms with van der Waals surface area (Å²) in [4.78, 5) is 38.0. The molecule has 0 aromatic carbocycles. The molecule has 1 N–H and O–H groups in total. The molecule has 0 spiro atoms. The Hall–Kier alpha value is -1.63. The SMILES string of the molecule is Cn1nnc2c(C(=O)CCCSCCCCCOP(=O)(O)OCC[N+](C)(C)C)ncn2c1=O. The number of quaternary nitrogens is 1. The first-order valence-corrected chi connectivity index (χ1v) is 13.5. The van der Waals surface area contributed by atoms with Gasteiger partial charge in [-0.1, -0.05) is 11.6 Å². The van der Waals surface area contributed by atoms with E-state index in [0.29, 0.717) is 30.3 Å². The maximum absolute atomic E-state index is 12.4. The molecular formula is C19H34N6O6PS+. The summed E-state index contributed by atoms with van der Waals surface area (Å²) >= 11 is 1.75. The van der Waals surface area contributed by atoms with Gasteiger partial charge in [0.15, 0.2) is 17.1 Å². The van der Waals surface area contributed by atoms with Gasteiger partial charge in [0, 0.05) is 13.5 Å². The lowest BCUT2D eigenvalue weighted by Gasteiger charge is -2.24. The van der Waals surface area contributed by atoms with Crippen molar-refractivity contribution in [2.45, 2.75) is 32.1 Å². The minimum absolute atomic E-state index is 0.158. The summed E-state index contributed by atoms with van der Waals surface area (Å²) in [6.45, 7) is 0.963. The highest BCUT2D eigenvalue weighted by Gasteiger charge is 2.22. The quantitative estimate of drug-likeness (QED) is 0.155. The van der Waals surface area contributed by atoms with Gasteiger partial charge >= 0.3 is 13.5 Å². The summed E-state index contributed by atoms with van der Waals surface area (Å²) in [6.07, 6.45) is 4.82. The monoisotopic (exact) mass is 505 g/mol. The number of rotatable bonds is 16. The molecule has 0 saturated carbocycles. The van der Waals surface area contributed by atoms with E-state index in [1.165, 1.54) is 17.8 Å². The Morgan fingerprint density at radius 3 is 2.58 bits per heavy atom. The third-order valence-electron chi connectivity index (χ3n) is 4.66. The number of unbranched alkanes of at least 4 members (excludes halogenated alkanes) is 2. The number of fused-ring (bicyclic) bond motifs is 1. The topological polar surface area (TPSA) is 138 Å². The van der Waals surface area contributed by atoms with Crippen molar-refractivity contribution in [1.29, 1.82) is 0 Å². The number of carbonyl (C=O) groups is 1. The fraction of sp³-hybridized carbons (Fsp3) is 0.737. The molecule has 0 aliphatic carbocycles. The van der Waals surface area contributed by atoms with E-state index in [4.69, 9.17) is 9.05 Å². The number of hydrogen-bond acceptors (Lipinski definition) is 9. The molecule has 2 aromatic heterocycles. The number of aromatic nitrogens is 5. The van der Waals surface area contributed by atoms with Crippen molar-refractivity contribution in [3.05, 3.63) is 22.5 Å². The van der Waals surface area contributed by atoms with Crippen molar-refractivity contribution >= 4 is 31.0 Å². The fourth-order valence-corrected chi connectivity index (χ4v) is 4.47. The van der Waals surface area contributed by atoms with Crippen molar-refractivity contribution in [3.63, 3.8) is 0 Å². The summed E-state index contributed by atoms with van der Waals surface area (Å²) in [5.74, 6) is 1.60. The Balaban J connectivity index is 1.53. The molecular weight excluding hydrogens is 471 g/mol. The number of Topliss-reactive ketones (excluding diaryl/α,β-unsaturated/α-hetero) is 1. The van der Waals surface area contributed by atoms with Gasteiger partial charge < -0.3 is 9.38 Å². The third kappa shape index (κ3) is 9.63. The van der Waals surface area contributed by atoms with Crippen LogP contribution in [0.4, 0.5) is 0 Å². The van der Waals surface area contributed by atoms with Gasteiger partial charge in [-0.15, -0.1) is 5.10 Å². The molecule has 0 fully saturated rings. The van der Waals surface area contributed by atoms with Gasteiger partial charge in [-0.25, -0.2) is 18.7 Å². The van der Waals surface area contributed by atoms with Crippen LogP contribution < -0.4 is 5.69 Å². The van der Waals surface area contributed by atoms with Crippen LogP contribution in [0.25, 0.3) is 5.65 Å². The van der Waals surface area contributed by atoms with Crippen LogP contribution in [-0.4, -0.2) is 91.9 Å². The number of carbonyl (C=O) groups excluding carboxylic acids is 1. The third-order valence-corrected chi connectivity index (χ3v) is 6.83. The highest BCUT2D eigenvalue weighted by Crippen LogP contribution is 2.43. The number of phosphoric ester groups is 1. The second-order valence-electron chi connectivity index (χ2n) is 8.63. The first-order chi connectivity index (χ1) is 15.5. The number of ketones is 1. The van der Waals surface area contributed by atoms with E-state index in [9.17, 15) is 19.0 Å². The highest BCUT2D eigenvalue weighted by molar-refractivity contribution is 7.99. The molecule has 0 amide bonds. The van der Waals surface area contributed by atoms with Crippen molar-refractivity contribution in [3.8, 4) is 0 Å². The van der Waals surface area contributed by atoms with Crippen LogP contribution in [0, 0.1) is 0 Å². The van der Waals surface area contributed by atoms with Gasteiger partial charge in [-0.3, -0.25) is 13.8 Å². The van der Waals surface area contributed by atoms with Crippen molar-refractivity contribution < 1.29 is 27.8 Å². The molecule has 0 radical (unpaired) electrons. The number of phosphoric acid groups is 1. The first kappa shape index (κ1) is 27.6. The lowest BCUT2D eigenvalue weighted by Crippen LogP contribution is -2.37. The van der Waals surface area contributed by atoms with E-state index in [1.54, 1.807) is 11.8 Å². The molecule has 0 aliphatic heterocycles. The zero-order chi connectivity index (χ0) is 24.5. The molecule has 186 valence electrons. The van der Waals surface area contributed by atoms with Crippen LogP contribution in [0.15, 0.2) is 11.1 Å². The zero-order valence-electron chi connectivity index (χ0n) is 19.7. The molecule has 2 heterocycles. The van der Waals surface area contributed by atoms with E-state index in [1.807, 2.05) is 21.1 Å². The summed E-state index contributed by atoms with van der Waals surface area (Å²) in [5, 5.41) is 7.59. The normalized spacial score (nSPS) is 14.0. The Morgan fingerprint density at radius 2 is 1.85 bits per heavy atom. The highest BCUT2D eigenvalue weighted by atomic mass is 32.2. The predicted molar refractivity (Wildman–Crippen MR) is 125 cm³/mol. The number of hydrogen-bond donors (Lipinski definition) is 1. The second kappa shape index (κ2) is 12.7. The van der Waals surface area contributed by atoms with E-state index in [2.05, 4.69) is 15.3 Å². The minimum Gasteiger partial charge on any atom is -0.329 e. The fourth-order valence-electron chi connectivity index (χ4n) is 2.76. The second-order valence-corrected chi connectivity index (χ2v) is 11.3. The Labute approximate surface area is 197 Å². The van der Waals surface area contributed by atoms with E-state index >= 15 is 0 Å². The predicted octanol–water partition coefficient (Wildman–Crippen LogP) is 1.53. The van der Waals surface area contributed by atoms with Crippen LogP contribution >= 0.6 is 19.6 Å². The largest absolute Gasteiger partial charge is 0.472 e. The lowest BCUT2D eigenvalue weighted by atomic mass is 10.2. The van der Waals surface area contributed by atoms with Gasteiger partial charge in [0.2, 0.25) is 0 Å². The maximum atomic E-state index is 12.4.